The van der Waals surface area contributed by atoms with Gasteiger partial charge in [0.15, 0.2) is 8.32 Å². The predicted octanol–water partition coefficient (Wildman–Crippen LogP) is 6.15. The molecule has 10 heteroatoms. The fourth-order valence-corrected chi connectivity index (χ4v) is 7.79. The van der Waals surface area contributed by atoms with Gasteiger partial charge in [0.1, 0.15) is 29.4 Å². The van der Waals surface area contributed by atoms with Crippen molar-refractivity contribution in [2.75, 3.05) is 13.7 Å². The molecule has 0 spiro atoms. The Morgan fingerprint density at radius 2 is 1.48 bits per heavy atom. The van der Waals surface area contributed by atoms with Crippen LogP contribution in [0.1, 0.15) is 47.1 Å². The number of ether oxygens (including phenoxy) is 3. The van der Waals surface area contributed by atoms with E-state index in [1.54, 1.807) is 31.4 Å². The Morgan fingerprint density at radius 1 is 0.886 bits per heavy atom. The van der Waals surface area contributed by atoms with Gasteiger partial charge in [-0.25, -0.2) is 0 Å². The maximum atomic E-state index is 14.0. The van der Waals surface area contributed by atoms with E-state index in [0.29, 0.717) is 11.1 Å². The Bertz CT molecular complexity index is 1430. The number of methoxy groups -OCH3 is 1. The van der Waals surface area contributed by atoms with Crippen molar-refractivity contribution in [3.05, 3.63) is 95.6 Å². The highest BCUT2D eigenvalue weighted by molar-refractivity contribution is 7.99. The van der Waals surface area contributed by atoms with Crippen molar-refractivity contribution in [1.29, 1.82) is 0 Å². The molecule has 0 unspecified atom stereocenters. The van der Waals surface area contributed by atoms with Crippen LogP contribution in [-0.2, 0) is 20.5 Å². The number of benzene rings is 3. The molecule has 234 valence electrons. The zero-order chi connectivity index (χ0) is 31.6. The molecule has 2 heterocycles. The molecule has 0 aromatic heterocycles. The summed E-state index contributed by atoms with van der Waals surface area (Å²) in [6, 6.07) is 23.3. The number of aliphatic hydroxyl groups is 1. The van der Waals surface area contributed by atoms with Crippen LogP contribution in [-0.4, -0.2) is 73.6 Å². The van der Waals surface area contributed by atoms with Crippen molar-refractivity contribution < 1.29 is 33.3 Å². The van der Waals surface area contributed by atoms with E-state index in [4.69, 9.17) is 18.6 Å². The van der Waals surface area contributed by atoms with Crippen molar-refractivity contribution >= 4 is 31.9 Å². The highest BCUT2D eigenvalue weighted by atomic mass is 32.2. The summed E-state index contributed by atoms with van der Waals surface area (Å²) >= 11 is 1.41. The van der Waals surface area contributed by atoms with Crippen molar-refractivity contribution in [2.45, 2.75) is 80.2 Å². The molecule has 5 rings (SSSR count). The van der Waals surface area contributed by atoms with E-state index in [9.17, 15) is 14.7 Å². The van der Waals surface area contributed by atoms with Crippen LogP contribution in [0.4, 0.5) is 0 Å². The lowest BCUT2D eigenvalue weighted by Gasteiger charge is -2.51. The van der Waals surface area contributed by atoms with Crippen LogP contribution in [0, 0.1) is 0 Å². The number of rotatable bonds is 10. The van der Waals surface area contributed by atoms with E-state index in [1.807, 2.05) is 54.6 Å². The van der Waals surface area contributed by atoms with E-state index in [0.717, 1.165) is 16.2 Å². The van der Waals surface area contributed by atoms with E-state index in [-0.39, 0.29) is 18.3 Å². The normalized spacial score (nSPS) is 24.0. The number of aliphatic hydroxyl groups excluding tert-OH is 1. The number of hydrogen-bond donors (Lipinski definition) is 1. The van der Waals surface area contributed by atoms with Gasteiger partial charge < -0.3 is 23.7 Å². The molecule has 1 fully saturated rings. The van der Waals surface area contributed by atoms with Crippen LogP contribution in [0.3, 0.4) is 0 Å². The van der Waals surface area contributed by atoms with E-state index >= 15 is 0 Å². The first-order chi connectivity index (χ1) is 20.9. The van der Waals surface area contributed by atoms with Gasteiger partial charge in [-0.3, -0.25) is 14.5 Å². The molecule has 1 saturated heterocycles. The van der Waals surface area contributed by atoms with Crippen molar-refractivity contribution in [3.8, 4) is 5.75 Å². The molecule has 2 amide bonds. The molecule has 3 aromatic rings. The second-order valence-corrected chi connectivity index (χ2v) is 18.6. The Labute approximate surface area is 264 Å². The number of amides is 2. The molecule has 0 aliphatic carbocycles. The molecule has 3 aromatic carbocycles. The number of imide groups is 1. The van der Waals surface area contributed by atoms with Crippen molar-refractivity contribution in [1.82, 2.24) is 4.90 Å². The lowest BCUT2D eigenvalue weighted by molar-refractivity contribution is -0.199. The number of hydrogen-bond acceptors (Lipinski definition) is 8. The Kier molecular flexibility index (Phi) is 9.69. The Balaban J connectivity index is 1.60. The lowest BCUT2D eigenvalue weighted by atomic mass is 9.96. The van der Waals surface area contributed by atoms with Gasteiger partial charge in [-0.2, -0.15) is 0 Å². The third-order valence-electron chi connectivity index (χ3n) is 8.75. The van der Waals surface area contributed by atoms with E-state index in [1.165, 1.54) is 16.7 Å². The highest BCUT2D eigenvalue weighted by Gasteiger charge is 2.57. The summed E-state index contributed by atoms with van der Waals surface area (Å²) in [6.07, 6.45) is -2.32. The maximum absolute atomic E-state index is 14.0. The average Bonchev–Trinajstić information content (AvgIpc) is 3.25. The summed E-state index contributed by atoms with van der Waals surface area (Å²) in [6.45, 7) is 10.6. The summed E-state index contributed by atoms with van der Waals surface area (Å²) in [7, 11) is -0.914. The van der Waals surface area contributed by atoms with Gasteiger partial charge in [0.25, 0.3) is 11.8 Å². The molecule has 44 heavy (non-hydrogen) atoms. The summed E-state index contributed by atoms with van der Waals surface area (Å²) in [5.74, 6) is -0.0512. The fraction of sp³-hybridized carbons (Fsp3) is 0.412. The number of carbonyl (C=O) groups excluding carboxylic acids is 2. The van der Waals surface area contributed by atoms with Gasteiger partial charge >= 0.3 is 0 Å². The smallest absolute Gasteiger partial charge is 0.262 e. The SMILES string of the molecule is COc1ccc(CO[C@H]2[C@H](O[Si](C)(C)C(C)(C)C)[C@@H](N3C(=O)c4ccccc4C3=O)[C@H](Sc3ccccc3)O[C@@H]2CO)cc1. The average molecular weight is 636 g/mol. The zero-order valence-corrected chi connectivity index (χ0v) is 27.9. The molecule has 2 aliphatic heterocycles. The summed E-state index contributed by atoms with van der Waals surface area (Å²) < 4.78 is 25.6. The minimum atomic E-state index is -2.53. The minimum Gasteiger partial charge on any atom is -0.497 e. The second kappa shape index (κ2) is 13.2. The van der Waals surface area contributed by atoms with Crippen LogP contribution in [0.25, 0.3) is 0 Å². The predicted molar refractivity (Wildman–Crippen MR) is 172 cm³/mol. The molecule has 2 aliphatic rings. The largest absolute Gasteiger partial charge is 0.497 e. The highest BCUT2D eigenvalue weighted by Crippen LogP contribution is 2.45. The fourth-order valence-electron chi connectivity index (χ4n) is 5.29. The van der Waals surface area contributed by atoms with Gasteiger partial charge in [-0.05, 0) is 60.1 Å². The molecule has 0 bridgehead atoms. The number of carbonyl (C=O) groups is 2. The monoisotopic (exact) mass is 635 g/mol. The summed E-state index contributed by atoms with van der Waals surface area (Å²) in [4.78, 5) is 30.2. The third-order valence-corrected chi connectivity index (χ3v) is 14.4. The molecule has 8 nitrogen and oxygen atoms in total. The quantitative estimate of drug-likeness (QED) is 0.210. The maximum Gasteiger partial charge on any atom is 0.262 e. The van der Waals surface area contributed by atoms with E-state index < -0.39 is 49.9 Å². The molecule has 1 N–H and O–H groups in total. The van der Waals surface area contributed by atoms with Gasteiger partial charge in [-0.1, -0.05) is 75.0 Å². The van der Waals surface area contributed by atoms with Gasteiger partial charge in [0.05, 0.1) is 37.6 Å². The van der Waals surface area contributed by atoms with E-state index in [2.05, 4.69) is 33.9 Å². The number of thioether (sulfide) groups is 1. The molecule has 5 atom stereocenters. The zero-order valence-electron chi connectivity index (χ0n) is 26.1. The number of fused-ring (bicyclic) bond motifs is 1. The van der Waals surface area contributed by atoms with Crippen LogP contribution in [0.15, 0.2) is 83.8 Å². The first kappa shape index (κ1) is 32.4. The first-order valence-corrected chi connectivity index (χ1v) is 18.6. The van der Waals surface area contributed by atoms with Crippen molar-refractivity contribution in [3.63, 3.8) is 0 Å². The summed E-state index contributed by atoms with van der Waals surface area (Å²) in [5, 5.41) is 10.5. The second-order valence-electron chi connectivity index (χ2n) is 12.6. The molecule has 0 saturated carbocycles. The van der Waals surface area contributed by atoms with Crippen LogP contribution in [0.2, 0.25) is 18.1 Å². The topological polar surface area (TPSA) is 94.5 Å². The standard InChI is InChI=1S/C34H41NO7SSi/c1-34(2,3)44(5,6)42-30-28(35-31(37)25-14-10-11-15-26(25)32(35)38)33(43-24-12-8-7-9-13-24)41-27(20-36)29(30)40-21-22-16-18-23(39-4)19-17-22/h7-19,27-30,33,36H,20-21H2,1-6H3/t27-,28-,29-,30-,33+/m1/s1. The summed E-state index contributed by atoms with van der Waals surface area (Å²) in [5.41, 5.74) is 0.873. The minimum absolute atomic E-state index is 0.185. The number of nitrogens with zero attached hydrogens (tertiary/aromatic N) is 1. The van der Waals surface area contributed by atoms with Gasteiger partial charge in [0.2, 0.25) is 0 Å². The molecule has 0 radical (unpaired) electrons. The first-order valence-electron chi connectivity index (χ1n) is 14.8. The van der Waals surface area contributed by atoms with Gasteiger partial charge in [0, 0.05) is 4.90 Å². The van der Waals surface area contributed by atoms with Crippen LogP contribution in [0.5, 0.6) is 5.75 Å². The van der Waals surface area contributed by atoms with Crippen LogP contribution < -0.4 is 4.74 Å². The Morgan fingerprint density at radius 3 is 2.02 bits per heavy atom. The van der Waals surface area contributed by atoms with Crippen molar-refractivity contribution in [2.24, 2.45) is 0 Å². The Hall–Kier alpha value is -2.99. The third kappa shape index (κ3) is 6.51. The lowest BCUT2D eigenvalue weighted by Crippen LogP contribution is -2.67. The molecular formula is C34H41NO7SSi. The van der Waals surface area contributed by atoms with Crippen LogP contribution >= 0.6 is 11.8 Å². The van der Waals surface area contributed by atoms with Gasteiger partial charge in [-0.15, -0.1) is 0 Å². The molecular weight excluding hydrogens is 595 g/mol.